The van der Waals surface area contributed by atoms with Crippen LogP contribution in [0.5, 0.6) is 0 Å². The van der Waals surface area contributed by atoms with Gasteiger partial charge < -0.3 is 4.98 Å². The van der Waals surface area contributed by atoms with E-state index in [1.165, 1.54) is 11.3 Å². The van der Waals surface area contributed by atoms with Crippen molar-refractivity contribution in [2.45, 2.75) is 0 Å². The number of rotatable bonds is 0. The zero-order valence-corrected chi connectivity index (χ0v) is 4.78. The van der Waals surface area contributed by atoms with Gasteiger partial charge in [0.25, 0.3) is 0 Å². The van der Waals surface area contributed by atoms with Crippen LogP contribution in [0.2, 0.25) is 1.41 Å². The van der Waals surface area contributed by atoms with Crippen LogP contribution in [0.15, 0.2) is 30.6 Å². The lowest BCUT2D eigenvalue weighted by molar-refractivity contribution is 1.34. The standard InChI is InChI=1S/C7H6N2/c1-2-4-7-6(3-1)8-5-9-7/h1-5H,(H,8,9)/i/hT. The number of hydrogen-bond acceptors (Lipinski definition) is 1. The average Bonchev–Trinajstić information content (AvgIpc) is 2.34. The third-order valence-electron chi connectivity index (χ3n) is 1.28. The molecule has 9 heavy (non-hydrogen) atoms. The number of H-pyrrole nitrogens is 1. The number of imidazole rings is 1. The van der Waals surface area contributed by atoms with Crippen molar-refractivity contribution in [3.8, 4) is 0 Å². The van der Waals surface area contributed by atoms with Gasteiger partial charge in [-0.05, 0) is 12.1 Å². The van der Waals surface area contributed by atoms with E-state index in [-0.39, 0.29) is 0 Å². The molecule has 1 heterocycles. The first kappa shape index (κ1) is 3.67. The predicted molar refractivity (Wildman–Crippen MR) is 36.1 cm³/mol. The lowest BCUT2D eigenvalue weighted by Crippen LogP contribution is -1.63. The van der Waals surface area contributed by atoms with Gasteiger partial charge in [0.05, 0.1) is 17.4 Å². The Balaban J connectivity index is 2.93. The van der Waals surface area contributed by atoms with Crippen molar-refractivity contribution in [1.82, 2.24) is 9.96 Å². The van der Waals surface area contributed by atoms with Crippen LogP contribution < -0.4 is 0 Å². The van der Waals surface area contributed by atoms with E-state index in [9.17, 15) is 0 Å². The van der Waals surface area contributed by atoms with Gasteiger partial charge in [-0.1, -0.05) is 12.1 Å². The Kier molecular flexibility index (Phi) is 0.646. The van der Waals surface area contributed by atoms with Crippen molar-refractivity contribution in [2.24, 2.45) is 0 Å². The maximum Gasteiger partial charge on any atom is 0.168 e. The summed E-state index contributed by atoms with van der Waals surface area (Å²) in [6, 6.07) is 7.57. The summed E-state index contributed by atoms with van der Waals surface area (Å²) in [6.07, 6.45) is 1.49. The molecule has 0 unspecified atom stereocenters. The quantitative estimate of drug-likeness (QED) is 0.561. The van der Waals surface area contributed by atoms with E-state index in [0.717, 1.165) is 11.0 Å². The molecule has 0 aliphatic carbocycles. The van der Waals surface area contributed by atoms with E-state index < -0.39 is 0 Å². The van der Waals surface area contributed by atoms with Crippen LogP contribution >= 0.6 is 0 Å². The van der Waals surface area contributed by atoms with Crippen LogP contribution in [0.25, 0.3) is 11.0 Å². The summed E-state index contributed by atoms with van der Waals surface area (Å²) in [5.74, 6) is 0. The number of hydrogen-bond donors (Lipinski definition) is 1. The van der Waals surface area contributed by atoms with Gasteiger partial charge in [-0.25, -0.2) is 4.98 Å². The second kappa shape index (κ2) is 1.58. The molecule has 0 radical (unpaired) electrons. The van der Waals surface area contributed by atoms with Crippen molar-refractivity contribution >= 4 is 11.0 Å². The zero-order valence-electron chi connectivity index (χ0n) is 5.78. The fraction of sp³-hybridized carbons (Fsp3) is 0. The molecule has 1 N–H and O–H groups in total. The third-order valence-corrected chi connectivity index (χ3v) is 1.28. The summed E-state index contributed by atoms with van der Waals surface area (Å²) in [4.78, 5) is 5.25. The first-order valence-corrected chi connectivity index (χ1v) is 2.79. The lowest BCUT2D eigenvalue weighted by atomic mass is 10.3. The highest BCUT2D eigenvalue weighted by molar-refractivity contribution is 5.73. The minimum atomic E-state index is 0.850. The summed E-state index contributed by atoms with van der Waals surface area (Å²) < 4.78 is 7.30. The van der Waals surface area contributed by atoms with Gasteiger partial charge in [0.15, 0.2) is 1.41 Å². The van der Waals surface area contributed by atoms with Gasteiger partial charge >= 0.3 is 0 Å². The number of para-hydroxylation sites is 2. The Hall–Kier alpha value is -1.31. The number of fused-ring (bicyclic) bond motifs is 1. The molecule has 1 aromatic carbocycles. The van der Waals surface area contributed by atoms with Gasteiger partial charge in [0, 0.05) is 0 Å². The van der Waals surface area contributed by atoms with E-state index in [2.05, 4.69) is 4.98 Å². The first-order chi connectivity index (χ1) is 4.88. The minimum Gasteiger partial charge on any atom is -0.345 e. The summed E-state index contributed by atoms with van der Waals surface area (Å²) in [5.41, 5.74) is 1.72. The van der Waals surface area contributed by atoms with E-state index >= 15 is 0 Å². The van der Waals surface area contributed by atoms with Crippen LogP contribution in [-0.4, -0.2) is 9.96 Å². The summed E-state index contributed by atoms with van der Waals surface area (Å²) in [5, 5.41) is 0. The van der Waals surface area contributed by atoms with E-state index in [4.69, 9.17) is 1.41 Å². The number of nitrogens with one attached hydrogen (secondary N) is 1. The summed E-state index contributed by atoms with van der Waals surface area (Å²) >= 11 is 0. The monoisotopic (exact) mass is 120 g/mol. The molecule has 0 spiro atoms. The van der Waals surface area contributed by atoms with Crippen molar-refractivity contribution < 1.29 is 1.41 Å². The number of benzene rings is 1. The highest BCUT2D eigenvalue weighted by atomic mass is 14.9. The molecule has 2 rings (SSSR count). The largest absolute Gasteiger partial charge is 0.345 e. The Bertz CT molecular complexity index is 353. The topological polar surface area (TPSA) is 28.7 Å². The van der Waals surface area contributed by atoms with Gasteiger partial charge in [-0.15, -0.1) is 0 Å². The summed E-state index contributed by atoms with van der Waals surface area (Å²) in [7, 11) is 0. The molecule has 2 nitrogen and oxygen atoms in total. The van der Waals surface area contributed by atoms with Crippen LogP contribution in [0.4, 0.5) is 0 Å². The molecule has 2 heteroatoms. The molecular weight excluding hydrogens is 112 g/mol. The number of nitrogens with zero attached hydrogens (tertiary/aromatic N) is 1. The van der Waals surface area contributed by atoms with E-state index in [1.807, 2.05) is 24.3 Å². The second-order valence-corrected chi connectivity index (χ2v) is 1.86. The zero-order chi connectivity index (χ0) is 6.97. The van der Waals surface area contributed by atoms with Crippen molar-refractivity contribution in [1.29, 1.82) is 0 Å². The fourth-order valence-corrected chi connectivity index (χ4v) is 0.836. The normalized spacial score (nSPS) is 11.8. The van der Waals surface area contributed by atoms with E-state index in [1.54, 1.807) is 0 Å². The van der Waals surface area contributed by atoms with Gasteiger partial charge in [-0.2, -0.15) is 0 Å². The van der Waals surface area contributed by atoms with Crippen LogP contribution in [0.1, 0.15) is 0 Å². The van der Waals surface area contributed by atoms with Crippen LogP contribution in [0.3, 0.4) is 0 Å². The molecule has 1 aromatic heterocycles. The average molecular weight is 120 g/mol. The third kappa shape index (κ3) is 0.598. The minimum absolute atomic E-state index is 0.850. The highest BCUT2D eigenvalue weighted by Gasteiger charge is 1.88. The molecule has 0 bridgehead atoms. The Morgan fingerprint density at radius 3 is 3.22 bits per heavy atom. The molecule has 0 saturated heterocycles. The van der Waals surface area contributed by atoms with Crippen LogP contribution in [0, 0.1) is 0 Å². The molecule has 0 fully saturated rings. The lowest BCUT2D eigenvalue weighted by Gasteiger charge is -1.81. The van der Waals surface area contributed by atoms with Gasteiger partial charge in [0.2, 0.25) is 0 Å². The molecule has 0 saturated carbocycles. The molecule has 0 aliphatic heterocycles. The molecule has 44 valence electrons. The van der Waals surface area contributed by atoms with Crippen molar-refractivity contribution in [3.05, 3.63) is 30.6 Å². The maximum absolute atomic E-state index is 7.30. The smallest absolute Gasteiger partial charge is 0.168 e. The molecule has 2 aromatic rings. The molecule has 0 atom stereocenters. The SMILES string of the molecule is [3H]n1cnc2ccccc21. The molecule has 0 aliphatic rings. The maximum atomic E-state index is 7.30. The number of aromatic nitrogens is 2. The first-order valence-electron chi connectivity index (χ1n) is 3.24. The summed E-state index contributed by atoms with van der Waals surface area (Å²) in [6.45, 7) is 0. The van der Waals surface area contributed by atoms with Gasteiger partial charge in [0.1, 0.15) is 0 Å². The van der Waals surface area contributed by atoms with Gasteiger partial charge in [-0.3, -0.25) is 0 Å². The number of aromatic amines is 1. The second-order valence-electron chi connectivity index (χ2n) is 1.86. The highest BCUT2D eigenvalue weighted by Crippen LogP contribution is 2.05. The van der Waals surface area contributed by atoms with Crippen molar-refractivity contribution in [3.63, 3.8) is 0 Å². The fourth-order valence-electron chi connectivity index (χ4n) is 0.836. The Morgan fingerprint density at radius 2 is 2.33 bits per heavy atom. The van der Waals surface area contributed by atoms with E-state index in [0.29, 0.717) is 0 Å². The van der Waals surface area contributed by atoms with Crippen LogP contribution in [-0.2, 0) is 0 Å². The van der Waals surface area contributed by atoms with Crippen molar-refractivity contribution in [2.75, 3.05) is 0 Å². The predicted octanol–water partition coefficient (Wildman–Crippen LogP) is 1.56. The molecule has 0 amide bonds. The molecular formula is C7H6N2. The Morgan fingerprint density at radius 1 is 1.44 bits per heavy atom. The Labute approximate surface area is 54.0 Å².